The van der Waals surface area contributed by atoms with E-state index in [0.29, 0.717) is 59.8 Å². The highest BCUT2D eigenvalue weighted by atomic mass is 19.1. The maximum atomic E-state index is 15.2. The van der Waals surface area contributed by atoms with E-state index in [-0.39, 0.29) is 60.1 Å². The number of Topliss-reactive ketones (excluding diaryl/α,β-unsaturated/α-hetero) is 1. The van der Waals surface area contributed by atoms with Crippen molar-refractivity contribution in [1.82, 2.24) is 20.2 Å². The number of rotatable bonds is 11. The molecule has 13 nitrogen and oxygen atoms in total. The first-order valence-corrected chi connectivity index (χ1v) is 20.9. The van der Waals surface area contributed by atoms with Gasteiger partial charge in [0, 0.05) is 80.5 Å². The van der Waals surface area contributed by atoms with E-state index in [0.717, 1.165) is 84.1 Å². The summed E-state index contributed by atoms with van der Waals surface area (Å²) in [5.41, 5.74) is 2.47. The number of carbonyl (C=O) groups is 4. The van der Waals surface area contributed by atoms with E-state index < -0.39 is 11.9 Å². The number of ketones is 1. The molecule has 5 aliphatic rings. The zero-order valence-electron chi connectivity index (χ0n) is 32.8. The first kappa shape index (κ1) is 39.8. The van der Waals surface area contributed by atoms with Crippen LogP contribution in [0.25, 0.3) is 11.3 Å². The standard InChI is InChI=1S/C43H52F2N8O5/c44-34-23-32(47-36-13-15-38(54)49-42(36)57)12-14-37(34)52-18-16-51(17-19-52)25-27-4-6-28(7-5-27)41(56)29-8-10-31(11-9-29)48-43-46-24-35(45)40(50-43)30-2-1-3-33(22-30)53-20-21-58-26-39(53)55/h1-3,12,14,22-24,27-29,31,36,47H,4-11,13,15-21,25-26H2,(H,46,48,50)(H,49,54,57). The van der Waals surface area contributed by atoms with Crippen molar-refractivity contribution in [3.05, 3.63) is 60.3 Å². The van der Waals surface area contributed by atoms with E-state index in [2.05, 4.69) is 35.7 Å². The van der Waals surface area contributed by atoms with E-state index in [1.54, 1.807) is 35.2 Å². The van der Waals surface area contributed by atoms with E-state index in [4.69, 9.17) is 4.74 Å². The van der Waals surface area contributed by atoms with Crippen molar-refractivity contribution in [3.8, 4) is 11.3 Å². The smallest absolute Gasteiger partial charge is 0.253 e. The van der Waals surface area contributed by atoms with Crippen LogP contribution in [0.4, 0.5) is 31.8 Å². The molecule has 1 atom stereocenters. The number of aromatic nitrogens is 2. The Hall–Kier alpha value is -5.02. The molecule has 2 aliphatic carbocycles. The summed E-state index contributed by atoms with van der Waals surface area (Å²) < 4.78 is 35.4. The van der Waals surface area contributed by atoms with Gasteiger partial charge in [0.1, 0.15) is 29.9 Å². The van der Waals surface area contributed by atoms with E-state index >= 15 is 4.39 Å². The molecule has 2 aromatic carbocycles. The number of piperidine rings is 1. The number of amides is 3. The SMILES string of the molecule is O=C1CCC(Nc2ccc(N3CCN(CC4CCC(C(=O)C5CCC(Nc6ncc(F)c(-c7cccc(N8CCOCC8=O)c7)n6)CC5)CC4)CC3)c(F)c2)C(=O)N1. The Labute approximate surface area is 337 Å². The molecule has 3 N–H and O–H groups in total. The van der Waals surface area contributed by atoms with Crippen molar-refractivity contribution in [2.75, 3.05) is 72.9 Å². The number of anilines is 4. The molecule has 1 unspecified atom stereocenters. The van der Waals surface area contributed by atoms with Crippen LogP contribution in [0.2, 0.25) is 0 Å². The highest BCUT2D eigenvalue weighted by Crippen LogP contribution is 2.36. The lowest BCUT2D eigenvalue weighted by molar-refractivity contribution is -0.134. The summed E-state index contributed by atoms with van der Waals surface area (Å²) >= 11 is 0. The molecule has 8 rings (SSSR count). The summed E-state index contributed by atoms with van der Waals surface area (Å²) in [6.45, 7) is 5.05. The molecule has 15 heteroatoms. The van der Waals surface area contributed by atoms with Crippen LogP contribution < -0.4 is 25.8 Å². The Morgan fingerprint density at radius 1 is 0.845 bits per heavy atom. The summed E-state index contributed by atoms with van der Waals surface area (Å²) in [4.78, 5) is 64.5. The average molecular weight is 799 g/mol. The molecule has 1 aromatic heterocycles. The summed E-state index contributed by atoms with van der Waals surface area (Å²) in [5.74, 6) is -0.197. The number of hydrogen-bond acceptors (Lipinski definition) is 11. The number of halogens is 2. The number of imide groups is 1. The monoisotopic (exact) mass is 798 g/mol. The van der Waals surface area contributed by atoms with Crippen LogP contribution >= 0.6 is 0 Å². The van der Waals surface area contributed by atoms with Gasteiger partial charge in [-0.3, -0.25) is 29.4 Å². The lowest BCUT2D eigenvalue weighted by Gasteiger charge is -2.39. The maximum Gasteiger partial charge on any atom is 0.253 e. The van der Waals surface area contributed by atoms with Gasteiger partial charge in [0.2, 0.25) is 17.8 Å². The van der Waals surface area contributed by atoms with Gasteiger partial charge < -0.3 is 25.2 Å². The molecule has 0 bridgehead atoms. The number of carbonyl (C=O) groups excluding carboxylic acids is 4. The lowest BCUT2D eigenvalue weighted by atomic mass is 9.73. The van der Waals surface area contributed by atoms with E-state index in [9.17, 15) is 23.6 Å². The summed E-state index contributed by atoms with van der Waals surface area (Å²) in [6.07, 6.45) is 9.01. The molecular weight excluding hydrogens is 747 g/mol. The zero-order chi connectivity index (χ0) is 40.2. The van der Waals surface area contributed by atoms with Crippen molar-refractivity contribution < 1.29 is 32.7 Å². The van der Waals surface area contributed by atoms with Crippen molar-refractivity contribution in [1.29, 1.82) is 0 Å². The molecule has 3 aromatic rings. The molecule has 308 valence electrons. The Bertz CT molecular complexity index is 1990. The molecule has 58 heavy (non-hydrogen) atoms. The third kappa shape index (κ3) is 9.31. The first-order chi connectivity index (χ1) is 28.2. The molecule has 3 saturated heterocycles. The summed E-state index contributed by atoms with van der Waals surface area (Å²) in [7, 11) is 0. The number of nitrogens with zero attached hydrogens (tertiary/aromatic N) is 5. The Balaban J connectivity index is 0.755. The van der Waals surface area contributed by atoms with Crippen LogP contribution in [0.3, 0.4) is 0 Å². The predicted molar refractivity (Wildman–Crippen MR) is 215 cm³/mol. The third-order valence-electron chi connectivity index (χ3n) is 12.6. The Morgan fingerprint density at radius 3 is 2.33 bits per heavy atom. The third-order valence-corrected chi connectivity index (χ3v) is 12.6. The highest BCUT2D eigenvalue weighted by molar-refractivity contribution is 6.01. The van der Waals surface area contributed by atoms with Crippen LogP contribution in [0.5, 0.6) is 0 Å². The van der Waals surface area contributed by atoms with Crippen molar-refractivity contribution in [2.45, 2.75) is 76.3 Å². The van der Waals surface area contributed by atoms with Crippen LogP contribution in [0.1, 0.15) is 64.2 Å². The molecule has 0 radical (unpaired) electrons. The second-order valence-electron chi connectivity index (χ2n) is 16.5. The van der Waals surface area contributed by atoms with Gasteiger partial charge in [-0.1, -0.05) is 12.1 Å². The number of benzene rings is 2. The number of piperazine rings is 1. The normalized spacial score (nSPS) is 26.0. The number of hydrogen-bond donors (Lipinski definition) is 3. The lowest BCUT2D eigenvalue weighted by Crippen LogP contribution is -2.48. The van der Waals surface area contributed by atoms with Gasteiger partial charge in [-0.15, -0.1) is 0 Å². The van der Waals surface area contributed by atoms with Crippen LogP contribution in [0.15, 0.2) is 48.7 Å². The van der Waals surface area contributed by atoms with Gasteiger partial charge in [-0.2, -0.15) is 0 Å². The van der Waals surface area contributed by atoms with Gasteiger partial charge in [-0.05, 0) is 94.0 Å². The van der Waals surface area contributed by atoms with E-state index in [1.807, 2.05) is 6.07 Å². The fraction of sp³-hybridized carbons (Fsp3) is 0.535. The van der Waals surface area contributed by atoms with Gasteiger partial charge in [0.05, 0.1) is 18.5 Å². The molecule has 3 aliphatic heterocycles. The van der Waals surface area contributed by atoms with Crippen LogP contribution in [-0.2, 0) is 23.9 Å². The number of morpholine rings is 1. The van der Waals surface area contributed by atoms with Gasteiger partial charge in [-0.25, -0.2) is 18.7 Å². The fourth-order valence-electron chi connectivity index (χ4n) is 9.34. The van der Waals surface area contributed by atoms with Crippen molar-refractivity contribution in [3.63, 3.8) is 0 Å². The van der Waals surface area contributed by atoms with Gasteiger partial charge in [0.15, 0.2) is 5.82 Å². The quantitative estimate of drug-likeness (QED) is 0.221. The summed E-state index contributed by atoms with van der Waals surface area (Å²) in [5, 5.41) is 8.76. The van der Waals surface area contributed by atoms with Crippen LogP contribution in [-0.4, -0.2) is 103 Å². The van der Waals surface area contributed by atoms with Crippen molar-refractivity contribution in [2.24, 2.45) is 17.8 Å². The number of ether oxygens (including phenoxy) is 1. The van der Waals surface area contributed by atoms with Crippen molar-refractivity contribution >= 4 is 46.5 Å². The average Bonchev–Trinajstić information content (AvgIpc) is 3.23. The number of nitrogens with one attached hydrogen (secondary N) is 3. The second kappa shape index (κ2) is 17.9. The second-order valence-corrected chi connectivity index (χ2v) is 16.5. The zero-order valence-corrected chi connectivity index (χ0v) is 32.8. The molecular formula is C43H52F2N8O5. The van der Waals surface area contributed by atoms with Crippen LogP contribution in [0, 0.1) is 29.4 Å². The molecule has 3 amide bonds. The predicted octanol–water partition coefficient (Wildman–Crippen LogP) is 5.17. The molecule has 0 spiro atoms. The Morgan fingerprint density at radius 2 is 1.60 bits per heavy atom. The fourth-order valence-corrected chi connectivity index (χ4v) is 9.34. The molecule has 2 saturated carbocycles. The minimum atomic E-state index is -0.558. The first-order valence-electron chi connectivity index (χ1n) is 20.9. The minimum absolute atomic E-state index is 0.0245. The Kier molecular flexibility index (Phi) is 12.3. The highest BCUT2D eigenvalue weighted by Gasteiger charge is 2.35. The molecule has 5 fully saturated rings. The minimum Gasteiger partial charge on any atom is -0.374 e. The molecule has 4 heterocycles. The summed E-state index contributed by atoms with van der Waals surface area (Å²) in [6, 6.07) is 11.7. The maximum absolute atomic E-state index is 15.2. The largest absolute Gasteiger partial charge is 0.374 e. The van der Waals surface area contributed by atoms with Gasteiger partial charge >= 0.3 is 0 Å². The topological polar surface area (TPSA) is 149 Å². The van der Waals surface area contributed by atoms with Gasteiger partial charge in [0.25, 0.3) is 5.91 Å². The van der Waals surface area contributed by atoms with E-state index in [1.165, 1.54) is 12.3 Å².